The Labute approximate surface area is 145 Å². The maximum atomic E-state index is 12.9. The van der Waals surface area contributed by atoms with Crippen LogP contribution in [0.15, 0.2) is 10.5 Å². The monoisotopic (exact) mass is 334 g/mol. The number of rotatable bonds is 7. The molecule has 0 saturated carbocycles. The van der Waals surface area contributed by atoms with E-state index in [2.05, 4.69) is 13.8 Å². The summed E-state index contributed by atoms with van der Waals surface area (Å²) in [6.45, 7) is 10.8. The van der Waals surface area contributed by atoms with Gasteiger partial charge in [0.05, 0.1) is 5.56 Å². The Morgan fingerprint density at radius 2 is 1.88 bits per heavy atom. The second-order valence-electron chi connectivity index (χ2n) is 7.14. The zero-order valence-corrected chi connectivity index (χ0v) is 15.4. The maximum absolute atomic E-state index is 12.9. The summed E-state index contributed by atoms with van der Waals surface area (Å²) in [6.07, 6.45) is 3.52. The number of amides is 2. The van der Waals surface area contributed by atoms with Crippen LogP contribution in [0.25, 0.3) is 0 Å². The standard InChI is InChI=1S/C19H30N2O3/c1-14(2)7-11-21(12-8-18(22)20-9-5-6-10-20)19(23)17-13-15(3)24-16(17)4/h13-14H,5-12H2,1-4H3. The van der Waals surface area contributed by atoms with Crippen molar-refractivity contribution in [2.24, 2.45) is 5.92 Å². The highest BCUT2D eigenvalue weighted by Gasteiger charge is 2.23. The quantitative estimate of drug-likeness (QED) is 0.768. The van der Waals surface area contributed by atoms with Gasteiger partial charge >= 0.3 is 0 Å². The summed E-state index contributed by atoms with van der Waals surface area (Å²) >= 11 is 0. The van der Waals surface area contributed by atoms with Crippen LogP contribution in [0.2, 0.25) is 0 Å². The van der Waals surface area contributed by atoms with Gasteiger partial charge in [-0.05, 0) is 45.1 Å². The predicted molar refractivity (Wildman–Crippen MR) is 94.0 cm³/mol. The summed E-state index contributed by atoms with van der Waals surface area (Å²) in [7, 11) is 0. The van der Waals surface area contributed by atoms with E-state index in [0.29, 0.717) is 36.8 Å². The molecule has 1 aliphatic heterocycles. The normalized spacial score (nSPS) is 14.5. The van der Waals surface area contributed by atoms with Gasteiger partial charge in [0.2, 0.25) is 5.91 Å². The van der Waals surface area contributed by atoms with Crippen LogP contribution in [0.4, 0.5) is 0 Å². The zero-order valence-electron chi connectivity index (χ0n) is 15.4. The first-order chi connectivity index (χ1) is 11.4. The molecule has 2 rings (SSSR count). The van der Waals surface area contributed by atoms with E-state index in [-0.39, 0.29) is 11.8 Å². The van der Waals surface area contributed by atoms with Crippen molar-refractivity contribution in [2.45, 2.75) is 53.4 Å². The molecule has 2 heterocycles. The topological polar surface area (TPSA) is 53.8 Å². The first-order valence-corrected chi connectivity index (χ1v) is 9.02. The van der Waals surface area contributed by atoms with Crippen LogP contribution < -0.4 is 0 Å². The molecular weight excluding hydrogens is 304 g/mol. The molecule has 0 radical (unpaired) electrons. The molecule has 0 aromatic carbocycles. The highest BCUT2D eigenvalue weighted by molar-refractivity contribution is 5.95. The number of likely N-dealkylation sites (tertiary alicyclic amines) is 1. The highest BCUT2D eigenvalue weighted by atomic mass is 16.3. The highest BCUT2D eigenvalue weighted by Crippen LogP contribution is 2.18. The first kappa shape index (κ1) is 18.6. The van der Waals surface area contributed by atoms with Crippen molar-refractivity contribution in [3.05, 3.63) is 23.2 Å². The summed E-state index contributed by atoms with van der Waals surface area (Å²) in [5.74, 6) is 2.04. The minimum atomic E-state index is -0.0285. The largest absolute Gasteiger partial charge is 0.466 e. The van der Waals surface area contributed by atoms with Crippen LogP contribution >= 0.6 is 0 Å². The van der Waals surface area contributed by atoms with Crippen molar-refractivity contribution in [3.63, 3.8) is 0 Å². The van der Waals surface area contributed by atoms with Gasteiger partial charge in [-0.1, -0.05) is 13.8 Å². The molecule has 1 aliphatic rings. The van der Waals surface area contributed by atoms with E-state index in [1.165, 1.54) is 0 Å². The van der Waals surface area contributed by atoms with E-state index in [4.69, 9.17) is 4.42 Å². The molecular formula is C19H30N2O3. The number of carbonyl (C=O) groups is 2. The summed E-state index contributed by atoms with van der Waals surface area (Å²) < 4.78 is 5.50. The third-order valence-corrected chi connectivity index (χ3v) is 4.59. The fraction of sp³-hybridized carbons (Fsp3) is 0.684. The van der Waals surface area contributed by atoms with Gasteiger partial charge in [0.15, 0.2) is 0 Å². The van der Waals surface area contributed by atoms with Crippen LogP contribution in [0.1, 0.15) is 61.4 Å². The van der Waals surface area contributed by atoms with Crippen molar-refractivity contribution in [1.82, 2.24) is 9.80 Å². The molecule has 1 aromatic heterocycles. The fourth-order valence-corrected chi connectivity index (χ4v) is 3.10. The molecule has 134 valence electrons. The smallest absolute Gasteiger partial charge is 0.257 e. The number of hydrogen-bond acceptors (Lipinski definition) is 3. The average molecular weight is 334 g/mol. The second kappa shape index (κ2) is 8.36. The Hall–Kier alpha value is -1.78. The Morgan fingerprint density at radius 3 is 2.42 bits per heavy atom. The lowest BCUT2D eigenvalue weighted by Gasteiger charge is -2.24. The van der Waals surface area contributed by atoms with Crippen LogP contribution in [-0.4, -0.2) is 47.8 Å². The Balaban J connectivity index is 2.01. The molecule has 24 heavy (non-hydrogen) atoms. The van der Waals surface area contributed by atoms with Gasteiger partial charge < -0.3 is 14.2 Å². The molecule has 0 atom stereocenters. The van der Waals surface area contributed by atoms with E-state index in [1.807, 2.05) is 23.6 Å². The number of carbonyl (C=O) groups excluding carboxylic acids is 2. The van der Waals surface area contributed by atoms with Gasteiger partial charge in [0.1, 0.15) is 11.5 Å². The molecule has 0 spiro atoms. The number of nitrogens with zero attached hydrogens (tertiary/aromatic N) is 2. The molecule has 0 unspecified atom stereocenters. The van der Waals surface area contributed by atoms with Crippen molar-refractivity contribution in [3.8, 4) is 0 Å². The van der Waals surface area contributed by atoms with E-state index in [9.17, 15) is 9.59 Å². The van der Waals surface area contributed by atoms with Gasteiger partial charge in [0, 0.05) is 32.6 Å². The lowest BCUT2D eigenvalue weighted by atomic mass is 10.1. The third kappa shape index (κ3) is 4.86. The number of hydrogen-bond donors (Lipinski definition) is 0. The first-order valence-electron chi connectivity index (χ1n) is 9.02. The minimum absolute atomic E-state index is 0.0285. The summed E-state index contributed by atoms with van der Waals surface area (Å²) in [4.78, 5) is 28.9. The fourth-order valence-electron chi connectivity index (χ4n) is 3.10. The molecule has 0 aliphatic carbocycles. The lowest BCUT2D eigenvalue weighted by Crippen LogP contribution is -2.37. The molecule has 1 saturated heterocycles. The van der Waals surface area contributed by atoms with E-state index in [1.54, 1.807) is 6.07 Å². The molecule has 2 amide bonds. The van der Waals surface area contributed by atoms with Crippen molar-refractivity contribution in [1.29, 1.82) is 0 Å². The molecule has 0 N–H and O–H groups in total. The average Bonchev–Trinajstić information content (AvgIpc) is 3.15. The summed E-state index contributed by atoms with van der Waals surface area (Å²) in [6, 6.07) is 1.79. The van der Waals surface area contributed by atoms with E-state index >= 15 is 0 Å². The molecule has 1 aromatic rings. The maximum Gasteiger partial charge on any atom is 0.257 e. The van der Waals surface area contributed by atoms with Gasteiger partial charge in [-0.3, -0.25) is 9.59 Å². The number of aryl methyl sites for hydroxylation is 2. The van der Waals surface area contributed by atoms with Gasteiger partial charge in [-0.2, -0.15) is 0 Å². The van der Waals surface area contributed by atoms with Crippen molar-refractivity contribution >= 4 is 11.8 Å². The Morgan fingerprint density at radius 1 is 1.21 bits per heavy atom. The van der Waals surface area contributed by atoms with Crippen LogP contribution in [-0.2, 0) is 4.79 Å². The molecule has 0 bridgehead atoms. The van der Waals surface area contributed by atoms with Crippen molar-refractivity contribution < 1.29 is 14.0 Å². The summed E-state index contributed by atoms with van der Waals surface area (Å²) in [5, 5.41) is 0. The Kier molecular flexibility index (Phi) is 6.46. The predicted octanol–water partition coefficient (Wildman–Crippen LogP) is 3.40. The SMILES string of the molecule is Cc1cc(C(=O)N(CCC(=O)N2CCCC2)CCC(C)C)c(C)o1. The van der Waals surface area contributed by atoms with Crippen LogP contribution in [0.5, 0.6) is 0 Å². The third-order valence-electron chi connectivity index (χ3n) is 4.59. The number of furan rings is 1. The summed E-state index contributed by atoms with van der Waals surface area (Å²) in [5.41, 5.74) is 0.616. The van der Waals surface area contributed by atoms with E-state index < -0.39 is 0 Å². The zero-order chi connectivity index (χ0) is 17.7. The van der Waals surface area contributed by atoms with E-state index in [0.717, 1.165) is 38.1 Å². The van der Waals surface area contributed by atoms with Crippen LogP contribution in [0.3, 0.4) is 0 Å². The molecule has 5 heteroatoms. The minimum Gasteiger partial charge on any atom is -0.466 e. The van der Waals surface area contributed by atoms with Gasteiger partial charge in [-0.15, -0.1) is 0 Å². The second-order valence-corrected chi connectivity index (χ2v) is 7.14. The molecule has 1 fully saturated rings. The van der Waals surface area contributed by atoms with Crippen LogP contribution in [0, 0.1) is 19.8 Å². The Bertz CT molecular complexity index is 571. The van der Waals surface area contributed by atoms with Gasteiger partial charge in [-0.25, -0.2) is 0 Å². The van der Waals surface area contributed by atoms with Gasteiger partial charge in [0.25, 0.3) is 5.91 Å². The molecule has 5 nitrogen and oxygen atoms in total. The lowest BCUT2D eigenvalue weighted by molar-refractivity contribution is -0.130. The van der Waals surface area contributed by atoms with Crippen molar-refractivity contribution in [2.75, 3.05) is 26.2 Å².